The Morgan fingerprint density at radius 2 is 2.05 bits per heavy atom. The van der Waals surface area contributed by atoms with Crippen LogP contribution < -0.4 is 10.1 Å². The van der Waals surface area contributed by atoms with E-state index in [4.69, 9.17) is 16.3 Å². The fourth-order valence-corrected chi connectivity index (χ4v) is 3.14. The molecule has 0 atom stereocenters. The normalized spacial score (nSPS) is 10.2. The van der Waals surface area contributed by atoms with Crippen LogP contribution in [0.1, 0.15) is 10.4 Å². The number of halogens is 3. The third kappa shape index (κ3) is 3.65. The smallest absolute Gasteiger partial charge is 0.255 e. The van der Waals surface area contributed by atoms with Gasteiger partial charge in [-0.05, 0) is 74.9 Å². The molecule has 2 rings (SSSR count). The Hall–Kier alpha value is -0.790. The number of carbonyl (C=O) groups excluding carboxylic acids is 1. The van der Waals surface area contributed by atoms with Gasteiger partial charge in [0.25, 0.3) is 5.91 Å². The number of methoxy groups -OCH3 is 1. The Labute approximate surface area is 143 Å². The molecule has 0 saturated heterocycles. The van der Waals surface area contributed by atoms with E-state index < -0.39 is 0 Å². The average Bonchev–Trinajstić information content (AvgIpc) is 2.41. The van der Waals surface area contributed by atoms with Gasteiger partial charge in [-0.2, -0.15) is 0 Å². The second-order valence-electron chi connectivity index (χ2n) is 3.93. The Morgan fingerprint density at radius 1 is 1.30 bits per heavy atom. The first kappa shape index (κ1) is 15.6. The van der Waals surface area contributed by atoms with E-state index in [1.807, 2.05) is 0 Å². The van der Waals surface area contributed by atoms with Gasteiger partial charge < -0.3 is 10.1 Å². The van der Waals surface area contributed by atoms with E-state index in [2.05, 4.69) is 43.8 Å². The summed E-state index contributed by atoms with van der Waals surface area (Å²) in [6.07, 6.45) is 0. The summed E-state index contributed by atoms with van der Waals surface area (Å²) in [5, 5.41) is 3.49. The molecule has 2 aromatic rings. The fraction of sp³-hybridized carbons (Fsp3) is 0.0714. The lowest BCUT2D eigenvalue weighted by Gasteiger charge is -2.09. The van der Waals surface area contributed by atoms with Crippen LogP contribution in [0.2, 0.25) is 5.02 Å². The first-order valence-corrected chi connectivity index (χ1v) is 7.86. The molecule has 20 heavy (non-hydrogen) atoms. The van der Waals surface area contributed by atoms with Crippen molar-refractivity contribution in [3.63, 3.8) is 0 Å². The zero-order valence-electron chi connectivity index (χ0n) is 10.4. The number of ether oxygens (including phenoxy) is 1. The van der Waals surface area contributed by atoms with Gasteiger partial charge in [-0.15, -0.1) is 0 Å². The van der Waals surface area contributed by atoms with Crippen molar-refractivity contribution in [2.24, 2.45) is 0 Å². The van der Waals surface area contributed by atoms with Crippen LogP contribution in [0, 0.1) is 3.57 Å². The molecule has 0 unspecified atom stereocenters. The van der Waals surface area contributed by atoms with Crippen molar-refractivity contribution in [3.05, 3.63) is 55.0 Å². The highest BCUT2D eigenvalue weighted by Gasteiger charge is 2.11. The van der Waals surface area contributed by atoms with Crippen LogP contribution in [0.25, 0.3) is 0 Å². The van der Waals surface area contributed by atoms with Gasteiger partial charge in [0, 0.05) is 14.2 Å². The van der Waals surface area contributed by atoms with Crippen LogP contribution in [0.15, 0.2) is 40.9 Å². The molecular formula is C14H10BrClINO2. The van der Waals surface area contributed by atoms with Crippen LogP contribution in [0.4, 0.5) is 5.69 Å². The Kier molecular flexibility index (Phi) is 5.29. The summed E-state index contributed by atoms with van der Waals surface area (Å²) in [7, 11) is 1.58. The van der Waals surface area contributed by atoms with E-state index in [0.29, 0.717) is 16.3 Å². The van der Waals surface area contributed by atoms with E-state index in [-0.39, 0.29) is 5.91 Å². The molecule has 0 bridgehead atoms. The second-order valence-corrected chi connectivity index (χ2v) is 6.38. The van der Waals surface area contributed by atoms with E-state index in [9.17, 15) is 4.79 Å². The Morgan fingerprint density at radius 3 is 2.65 bits per heavy atom. The van der Waals surface area contributed by atoms with Crippen molar-refractivity contribution in [1.82, 2.24) is 0 Å². The average molecular weight is 467 g/mol. The van der Waals surface area contributed by atoms with E-state index >= 15 is 0 Å². The molecule has 6 heteroatoms. The van der Waals surface area contributed by atoms with Gasteiger partial charge in [-0.25, -0.2) is 0 Å². The SMILES string of the molecule is COc1ccc(C(=O)Nc2ccc(Cl)cc2I)cc1Br. The maximum atomic E-state index is 12.2. The van der Waals surface area contributed by atoms with Crippen molar-refractivity contribution in [1.29, 1.82) is 0 Å². The van der Waals surface area contributed by atoms with Crippen LogP contribution in [-0.4, -0.2) is 13.0 Å². The molecule has 0 aliphatic rings. The van der Waals surface area contributed by atoms with Gasteiger partial charge >= 0.3 is 0 Å². The highest BCUT2D eigenvalue weighted by molar-refractivity contribution is 14.1. The predicted molar refractivity (Wildman–Crippen MR) is 92.8 cm³/mol. The summed E-state index contributed by atoms with van der Waals surface area (Å²) in [5.74, 6) is 0.496. The molecule has 0 aliphatic carbocycles. The van der Waals surface area contributed by atoms with Crippen LogP contribution in [0.3, 0.4) is 0 Å². The lowest BCUT2D eigenvalue weighted by atomic mass is 10.2. The van der Waals surface area contributed by atoms with Gasteiger partial charge in [-0.3, -0.25) is 4.79 Å². The van der Waals surface area contributed by atoms with Crippen LogP contribution >= 0.6 is 50.1 Å². The molecule has 0 fully saturated rings. The number of rotatable bonds is 3. The minimum Gasteiger partial charge on any atom is -0.496 e. The second kappa shape index (κ2) is 6.78. The number of nitrogens with one attached hydrogen (secondary N) is 1. The number of hydrogen-bond donors (Lipinski definition) is 1. The topological polar surface area (TPSA) is 38.3 Å². The third-order valence-electron chi connectivity index (χ3n) is 2.59. The number of anilines is 1. The Balaban J connectivity index is 2.21. The summed E-state index contributed by atoms with van der Waals surface area (Å²) >= 11 is 11.4. The van der Waals surface area contributed by atoms with Crippen molar-refractivity contribution in [2.45, 2.75) is 0 Å². The predicted octanol–water partition coefficient (Wildman–Crippen LogP) is 4.97. The minimum absolute atomic E-state index is 0.186. The Bertz CT molecular complexity index is 664. The summed E-state index contributed by atoms with van der Waals surface area (Å²) in [4.78, 5) is 12.2. The zero-order valence-corrected chi connectivity index (χ0v) is 14.9. The van der Waals surface area contributed by atoms with Gasteiger partial charge in [0.2, 0.25) is 0 Å². The molecule has 1 amide bonds. The van der Waals surface area contributed by atoms with Crippen molar-refractivity contribution in [3.8, 4) is 5.75 Å². The largest absolute Gasteiger partial charge is 0.496 e. The van der Waals surface area contributed by atoms with Crippen molar-refractivity contribution >= 4 is 61.7 Å². The van der Waals surface area contributed by atoms with E-state index in [1.54, 1.807) is 43.5 Å². The minimum atomic E-state index is -0.186. The van der Waals surface area contributed by atoms with E-state index in [0.717, 1.165) is 13.7 Å². The summed E-state index contributed by atoms with van der Waals surface area (Å²) < 4.78 is 6.76. The monoisotopic (exact) mass is 465 g/mol. The fourth-order valence-electron chi connectivity index (χ4n) is 1.59. The highest BCUT2D eigenvalue weighted by atomic mass is 127. The van der Waals surface area contributed by atoms with Gasteiger partial charge in [0.1, 0.15) is 5.75 Å². The molecule has 1 N–H and O–H groups in total. The molecule has 0 aliphatic heterocycles. The molecular weight excluding hydrogens is 456 g/mol. The quantitative estimate of drug-likeness (QED) is 0.649. The lowest BCUT2D eigenvalue weighted by molar-refractivity contribution is 0.102. The molecule has 104 valence electrons. The molecule has 0 heterocycles. The van der Waals surface area contributed by atoms with E-state index in [1.165, 1.54) is 0 Å². The summed E-state index contributed by atoms with van der Waals surface area (Å²) in [5.41, 5.74) is 1.27. The maximum Gasteiger partial charge on any atom is 0.255 e. The molecule has 0 spiro atoms. The zero-order chi connectivity index (χ0) is 14.7. The first-order chi connectivity index (χ1) is 9.51. The van der Waals surface area contributed by atoms with Gasteiger partial charge in [-0.1, -0.05) is 11.6 Å². The molecule has 0 radical (unpaired) electrons. The third-order valence-corrected chi connectivity index (χ3v) is 4.34. The molecule has 0 aromatic heterocycles. The number of hydrogen-bond acceptors (Lipinski definition) is 2. The van der Waals surface area contributed by atoms with Crippen molar-refractivity contribution in [2.75, 3.05) is 12.4 Å². The van der Waals surface area contributed by atoms with Gasteiger partial charge in [0.05, 0.1) is 17.3 Å². The first-order valence-electron chi connectivity index (χ1n) is 5.61. The summed E-state index contributed by atoms with van der Waals surface area (Å²) in [6, 6.07) is 10.5. The van der Waals surface area contributed by atoms with Crippen molar-refractivity contribution < 1.29 is 9.53 Å². The number of carbonyl (C=O) groups is 1. The number of benzene rings is 2. The highest BCUT2D eigenvalue weighted by Crippen LogP contribution is 2.27. The number of amides is 1. The molecule has 3 nitrogen and oxygen atoms in total. The molecule has 0 saturated carbocycles. The van der Waals surface area contributed by atoms with Gasteiger partial charge in [0.15, 0.2) is 0 Å². The van der Waals surface area contributed by atoms with Crippen LogP contribution in [-0.2, 0) is 0 Å². The maximum absolute atomic E-state index is 12.2. The lowest BCUT2D eigenvalue weighted by Crippen LogP contribution is -2.12. The van der Waals surface area contributed by atoms with Crippen LogP contribution in [0.5, 0.6) is 5.75 Å². The molecule has 2 aromatic carbocycles. The standard InChI is InChI=1S/C14H10BrClINO2/c1-20-13-5-2-8(6-10(13)15)14(19)18-12-4-3-9(16)7-11(12)17/h2-7H,1H3,(H,18,19). The summed E-state index contributed by atoms with van der Waals surface area (Å²) in [6.45, 7) is 0.